The molecule has 1 aliphatic carbocycles. The molecule has 8 nitrogen and oxygen atoms in total. The number of ether oxygens (including phenoxy) is 1. The molecule has 1 aliphatic heterocycles. The van der Waals surface area contributed by atoms with E-state index in [-0.39, 0.29) is 23.5 Å². The summed E-state index contributed by atoms with van der Waals surface area (Å²) in [6.45, 7) is 0. The highest BCUT2D eigenvalue weighted by molar-refractivity contribution is 5.82. The van der Waals surface area contributed by atoms with Crippen molar-refractivity contribution in [2.75, 3.05) is 12.4 Å². The van der Waals surface area contributed by atoms with Crippen LogP contribution in [0, 0.1) is 12.0 Å². The number of hydrogen-bond donors (Lipinski definition) is 3. The summed E-state index contributed by atoms with van der Waals surface area (Å²) >= 11 is 0. The van der Waals surface area contributed by atoms with Gasteiger partial charge in [0.05, 0.1) is 18.5 Å². The molecule has 0 bridgehead atoms. The standard InChI is InChI=1S/C11H12FN5O3/c1-13-8-4-9(16-11(12)15-8)17(2-14-4)10-6(19)3-5(18)7(3)20-10/h2-3,5-7,10,18-19H,1H3,(H,13,15,16). The lowest BCUT2D eigenvalue weighted by Gasteiger charge is -2.20. The monoisotopic (exact) mass is 281 g/mol. The quantitative estimate of drug-likeness (QED) is 0.622. The molecule has 3 heterocycles. The molecule has 20 heavy (non-hydrogen) atoms. The molecular formula is C11H12FN5O3. The maximum absolute atomic E-state index is 13.4. The van der Waals surface area contributed by atoms with Crippen molar-refractivity contribution in [2.45, 2.75) is 24.5 Å². The third-order valence-corrected chi connectivity index (χ3v) is 3.86. The van der Waals surface area contributed by atoms with E-state index >= 15 is 0 Å². The first-order valence-electron chi connectivity index (χ1n) is 6.21. The van der Waals surface area contributed by atoms with Gasteiger partial charge >= 0.3 is 6.08 Å². The second kappa shape index (κ2) is 3.84. The normalized spacial score (nSPS) is 35.3. The topological polar surface area (TPSA) is 105 Å². The van der Waals surface area contributed by atoms with Crippen LogP contribution in [0.2, 0.25) is 0 Å². The number of nitrogens with zero attached hydrogens (tertiary/aromatic N) is 4. The van der Waals surface area contributed by atoms with Crippen LogP contribution in [0.4, 0.5) is 10.2 Å². The number of nitrogens with one attached hydrogen (secondary N) is 1. The lowest BCUT2D eigenvalue weighted by molar-refractivity contribution is -0.0670. The summed E-state index contributed by atoms with van der Waals surface area (Å²) in [6.07, 6.45) is -2.06. The number of hydrogen-bond acceptors (Lipinski definition) is 7. The van der Waals surface area contributed by atoms with E-state index in [4.69, 9.17) is 4.74 Å². The summed E-state index contributed by atoms with van der Waals surface area (Å²) in [6, 6.07) is 0. The van der Waals surface area contributed by atoms with Crippen molar-refractivity contribution < 1.29 is 19.3 Å². The minimum Gasteiger partial charge on any atom is -0.390 e. The molecule has 1 saturated heterocycles. The van der Waals surface area contributed by atoms with Crippen molar-refractivity contribution in [3.63, 3.8) is 0 Å². The summed E-state index contributed by atoms with van der Waals surface area (Å²) in [7, 11) is 1.60. The van der Waals surface area contributed by atoms with Gasteiger partial charge in [-0.3, -0.25) is 4.57 Å². The average Bonchev–Trinajstić information content (AvgIpc) is 2.75. The zero-order chi connectivity index (χ0) is 14.0. The van der Waals surface area contributed by atoms with Crippen molar-refractivity contribution in [2.24, 2.45) is 5.92 Å². The van der Waals surface area contributed by atoms with Gasteiger partial charge in [0.1, 0.15) is 6.10 Å². The number of aliphatic hydroxyl groups excluding tert-OH is 2. The summed E-state index contributed by atoms with van der Waals surface area (Å²) < 4.78 is 20.4. The van der Waals surface area contributed by atoms with Crippen LogP contribution in [0.25, 0.3) is 11.2 Å². The number of halogens is 1. The average molecular weight is 281 g/mol. The second-order valence-electron chi connectivity index (χ2n) is 4.97. The highest BCUT2D eigenvalue weighted by Crippen LogP contribution is 2.50. The molecule has 2 aliphatic rings. The molecule has 106 valence electrons. The van der Waals surface area contributed by atoms with Gasteiger partial charge in [0.25, 0.3) is 0 Å². The Morgan fingerprint density at radius 1 is 1.35 bits per heavy atom. The Morgan fingerprint density at radius 2 is 2.15 bits per heavy atom. The van der Waals surface area contributed by atoms with Gasteiger partial charge in [-0.05, 0) is 0 Å². The second-order valence-corrected chi connectivity index (χ2v) is 4.97. The van der Waals surface area contributed by atoms with E-state index in [1.807, 2.05) is 0 Å². The fraction of sp³-hybridized carbons (Fsp3) is 0.545. The Bertz CT molecular complexity index is 692. The van der Waals surface area contributed by atoms with Crippen molar-refractivity contribution in [3.05, 3.63) is 12.4 Å². The molecule has 0 aromatic carbocycles. The molecule has 2 aromatic heterocycles. The predicted molar refractivity (Wildman–Crippen MR) is 64.2 cm³/mol. The maximum atomic E-state index is 13.4. The molecule has 1 saturated carbocycles. The zero-order valence-corrected chi connectivity index (χ0v) is 10.4. The van der Waals surface area contributed by atoms with Crippen LogP contribution in [0.1, 0.15) is 6.23 Å². The van der Waals surface area contributed by atoms with E-state index in [1.165, 1.54) is 10.9 Å². The van der Waals surface area contributed by atoms with E-state index < -0.39 is 24.5 Å². The number of aromatic nitrogens is 4. The number of anilines is 1. The Kier molecular flexibility index (Phi) is 2.29. The number of fused-ring (bicyclic) bond motifs is 2. The molecule has 0 radical (unpaired) electrons. The van der Waals surface area contributed by atoms with Gasteiger partial charge in [0.15, 0.2) is 23.2 Å². The summed E-state index contributed by atoms with van der Waals surface area (Å²) in [4.78, 5) is 11.4. The van der Waals surface area contributed by atoms with E-state index in [0.717, 1.165) is 0 Å². The Morgan fingerprint density at radius 3 is 2.80 bits per heavy atom. The zero-order valence-electron chi connectivity index (χ0n) is 10.4. The van der Waals surface area contributed by atoms with E-state index in [1.54, 1.807) is 7.05 Å². The fourth-order valence-corrected chi connectivity index (χ4v) is 2.77. The molecule has 9 heteroatoms. The van der Waals surface area contributed by atoms with Crippen LogP contribution in [0.5, 0.6) is 0 Å². The largest absolute Gasteiger partial charge is 0.390 e. The van der Waals surface area contributed by atoms with E-state index in [0.29, 0.717) is 5.52 Å². The molecule has 2 fully saturated rings. The highest BCUT2D eigenvalue weighted by atomic mass is 19.1. The summed E-state index contributed by atoms with van der Waals surface area (Å²) in [5, 5.41) is 22.3. The van der Waals surface area contributed by atoms with Crippen LogP contribution in [0.15, 0.2) is 6.33 Å². The fourth-order valence-electron chi connectivity index (χ4n) is 2.77. The first kappa shape index (κ1) is 11.9. The number of aliphatic hydroxyl groups is 2. The summed E-state index contributed by atoms with van der Waals surface area (Å²) in [5.41, 5.74) is 0.632. The Labute approximate surface area is 112 Å². The van der Waals surface area contributed by atoms with Gasteiger partial charge in [-0.2, -0.15) is 14.4 Å². The SMILES string of the molecule is CNc1nc(F)nc2c1ncn2C1OC2C(O)C2C1O. The minimum absolute atomic E-state index is 0.238. The Balaban J connectivity index is 1.80. The van der Waals surface area contributed by atoms with Gasteiger partial charge in [-0.1, -0.05) is 0 Å². The molecule has 4 rings (SSSR count). The van der Waals surface area contributed by atoms with Gasteiger partial charge in [0.2, 0.25) is 0 Å². The first-order valence-corrected chi connectivity index (χ1v) is 6.21. The number of rotatable bonds is 2. The van der Waals surface area contributed by atoms with Crippen molar-refractivity contribution in [1.29, 1.82) is 0 Å². The predicted octanol–water partition coefficient (Wildman–Crippen LogP) is -0.744. The van der Waals surface area contributed by atoms with Crippen LogP contribution in [0.3, 0.4) is 0 Å². The third-order valence-electron chi connectivity index (χ3n) is 3.86. The molecule has 2 aromatic rings. The van der Waals surface area contributed by atoms with Crippen molar-refractivity contribution >= 4 is 17.0 Å². The minimum atomic E-state index is -0.888. The molecule has 5 atom stereocenters. The molecular weight excluding hydrogens is 269 g/mol. The van der Waals surface area contributed by atoms with E-state index in [9.17, 15) is 14.6 Å². The number of imidazole rings is 1. The lowest BCUT2D eigenvalue weighted by Crippen LogP contribution is -2.26. The maximum Gasteiger partial charge on any atom is 0.312 e. The van der Waals surface area contributed by atoms with Crippen molar-refractivity contribution in [3.8, 4) is 0 Å². The summed E-state index contributed by atoms with van der Waals surface area (Å²) in [5.74, 6) is -0.0307. The Hall–Kier alpha value is -1.84. The van der Waals surface area contributed by atoms with Gasteiger partial charge < -0.3 is 20.3 Å². The van der Waals surface area contributed by atoms with Crippen molar-refractivity contribution in [1.82, 2.24) is 19.5 Å². The highest BCUT2D eigenvalue weighted by Gasteiger charge is 2.64. The molecule has 0 spiro atoms. The lowest BCUT2D eigenvalue weighted by atomic mass is 10.2. The molecule has 5 unspecified atom stereocenters. The van der Waals surface area contributed by atoms with Crippen LogP contribution < -0.4 is 5.32 Å². The molecule has 3 N–H and O–H groups in total. The van der Waals surface area contributed by atoms with Crippen LogP contribution in [-0.4, -0.2) is 55.1 Å². The van der Waals surface area contributed by atoms with Gasteiger partial charge in [0, 0.05) is 13.0 Å². The van der Waals surface area contributed by atoms with E-state index in [2.05, 4.69) is 20.3 Å². The van der Waals surface area contributed by atoms with Crippen LogP contribution in [-0.2, 0) is 4.74 Å². The van der Waals surface area contributed by atoms with Gasteiger partial charge in [-0.25, -0.2) is 4.98 Å². The first-order chi connectivity index (χ1) is 9.61. The third kappa shape index (κ3) is 1.42. The van der Waals surface area contributed by atoms with Crippen LogP contribution >= 0.6 is 0 Å². The van der Waals surface area contributed by atoms with Gasteiger partial charge in [-0.15, -0.1) is 0 Å². The smallest absolute Gasteiger partial charge is 0.312 e. The molecule has 0 amide bonds.